The van der Waals surface area contributed by atoms with Crippen LogP contribution < -0.4 is 10.2 Å². The molecule has 1 fully saturated rings. The summed E-state index contributed by atoms with van der Waals surface area (Å²) in [4.78, 5) is 6.77. The maximum atomic E-state index is 4.39. The molecule has 1 heterocycles. The van der Waals surface area contributed by atoms with Crippen molar-refractivity contribution in [2.75, 3.05) is 18.5 Å². The Hall–Kier alpha value is -1.09. The van der Waals surface area contributed by atoms with Crippen LogP contribution in [0.3, 0.4) is 0 Å². The van der Waals surface area contributed by atoms with Crippen LogP contribution in [0.1, 0.15) is 32.4 Å². The highest BCUT2D eigenvalue weighted by Gasteiger charge is 2.30. The van der Waals surface area contributed by atoms with E-state index >= 15 is 0 Å². The smallest absolute Gasteiger partial charge is 0.0562 e. The molecule has 0 spiro atoms. The fourth-order valence-corrected chi connectivity index (χ4v) is 2.16. The van der Waals surface area contributed by atoms with Crippen molar-refractivity contribution < 1.29 is 0 Å². The van der Waals surface area contributed by atoms with Gasteiger partial charge < -0.3 is 10.2 Å². The Morgan fingerprint density at radius 3 is 2.94 bits per heavy atom. The summed E-state index contributed by atoms with van der Waals surface area (Å²) in [6.45, 7) is 6.28. The zero-order chi connectivity index (χ0) is 12.3. The van der Waals surface area contributed by atoms with Gasteiger partial charge in [0.25, 0.3) is 0 Å². The molecule has 1 atom stereocenters. The van der Waals surface area contributed by atoms with Gasteiger partial charge in [0, 0.05) is 31.5 Å². The lowest BCUT2D eigenvalue weighted by Gasteiger charge is -2.27. The average Bonchev–Trinajstić information content (AvgIpc) is 3.19. The normalized spacial score (nSPS) is 16.9. The van der Waals surface area contributed by atoms with Crippen LogP contribution in [0, 0.1) is 5.92 Å². The molecule has 1 aromatic heterocycles. The van der Waals surface area contributed by atoms with Gasteiger partial charge in [0.2, 0.25) is 0 Å². The van der Waals surface area contributed by atoms with E-state index in [-0.39, 0.29) is 0 Å². The van der Waals surface area contributed by atoms with Gasteiger partial charge in [-0.3, -0.25) is 4.98 Å². The van der Waals surface area contributed by atoms with Crippen molar-refractivity contribution in [2.45, 2.75) is 39.3 Å². The van der Waals surface area contributed by atoms with Crippen LogP contribution in [0.2, 0.25) is 0 Å². The molecule has 94 valence electrons. The molecule has 1 aliphatic carbocycles. The van der Waals surface area contributed by atoms with Crippen LogP contribution in [0.15, 0.2) is 18.3 Å². The Labute approximate surface area is 104 Å². The topological polar surface area (TPSA) is 28.2 Å². The van der Waals surface area contributed by atoms with Crippen molar-refractivity contribution in [3.8, 4) is 0 Å². The molecule has 3 nitrogen and oxygen atoms in total. The first kappa shape index (κ1) is 12.4. The summed E-state index contributed by atoms with van der Waals surface area (Å²) in [6, 6.07) is 4.94. The van der Waals surface area contributed by atoms with Gasteiger partial charge in [-0.1, -0.05) is 6.92 Å². The molecule has 1 N–H and O–H groups in total. The monoisotopic (exact) mass is 233 g/mol. The van der Waals surface area contributed by atoms with Crippen molar-refractivity contribution in [1.82, 2.24) is 10.3 Å². The number of nitrogens with zero attached hydrogens (tertiary/aromatic N) is 2. The van der Waals surface area contributed by atoms with E-state index < -0.39 is 0 Å². The molecule has 0 amide bonds. The van der Waals surface area contributed by atoms with E-state index in [0.717, 1.165) is 24.7 Å². The largest absolute Gasteiger partial charge is 0.372 e. The first-order valence-electron chi connectivity index (χ1n) is 6.61. The van der Waals surface area contributed by atoms with E-state index in [4.69, 9.17) is 0 Å². The van der Waals surface area contributed by atoms with Crippen LogP contribution >= 0.6 is 0 Å². The minimum Gasteiger partial charge on any atom is -0.372 e. The molecule has 0 radical (unpaired) electrons. The molecule has 0 aromatic carbocycles. The van der Waals surface area contributed by atoms with Crippen molar-refractivity contribution in [2.24, 2.45) is 5.92 Å². The molecule has 1 saturated carbocycles. The van der Waals surface area contributed by atoms with Gasteiger partial charge in [-0.2, -0.15) is 0 Å². The summed E-state index contributed by atoms with van der Waals surface area (Å²) in [6.07, 6.45) is 4.69. The zero-order valence-electron chi connectivity index (χ0n) is 11.1. The summed E-state index contributed by atoms with van der Waals surface area (Å²) in [7, 11) is 2.19. The van der Waals surface area contributed by atoms with Gasteiger partial charge in [-0.15, -0.1) is 0 Å². The lowest BCUT2D eigenvalue weighted by molar-refractivity contribution is 0.608. The molecule has 1 aliphatic rings. The maximum Gasteiger partial charge on any atom is 0.0562 e. The molecule has 0 saturated heterocycles. The van der Waals surface area contributed by atoms with E-state index in [0.29, 0.717) is 6.04 Å². The van der Waals surface area contributed by atoms with Crippen LogP contribution in [0.4, 0.5) is 5.69 Å². The Balaban J connectivity index is 2.03. The third kappa shape index (κ3) is 3.19. The molecule has 2 rings (SSSR count). The highest BCUT2D eigenvalue weighted by Crippen LogP contribution is 2.36. The van der Waals surface area contributed by atoms with E-state index in [1.54, 1.807) is 0 Å². The summed E-state index contributed by atoms with van der Waals surface area (Å²) < 4.78 is 0. The molecule has 0 aliphatic heterocycles. The maximum absolute atomic E-state index is 4.39. The summed E-state index contributed by atoms with van der Waals surface area (Å²) in [5, 5.41) is 3.31. The zero-order valence-corrected chi connectivity index (χ0v) is 11.1. The fraction of sp³-hybridized carbons (Fsp3) is 0.643. The van der Waals surface area contributed by atoms with E-state index in [2.05, 4.69) is 48.2 Å². The number of hydrogen-bond acceptors (Lipinski definition) is 3. The van der Waals surface area contributed by atoms with Crippen LogP contribution in [0.25, 0.3) is 0 Å². The Morgan fingerprint density at radius 2 is 2.29 bits per heavy atom. The highest BCUT2D eigenvalue weighted by atomic mass is 15.1. The van der Waals surface area contributed by atoms with E-state index in [1.807, 2.05) is 6.20 Å². The number of hydrogen-bond donors (Lipinski definition) is 1. The molecule has 0 bridgehead atoms. The predicted octanol–water partition coefficient (Wildman–Crippen LogP) is 2.43. The number of pyridine rings is 1. The standard InChI is InChI=1S/C14H23N3/c1-4-15-10-13-9-14(7-8-16-13)17(3)11(2)12-5-6-12/h7-9,11-12,15H,4-6,10H2,1-3H3. The van der Waals surface area contributed by atoms with E-state index in [1.165, 1.54) is 18.5 Å². The molecule has 1 aromatic rings. The van der Waals surface area contributed by atoms with Crippen LogP contribution in [0.5, 0.6) is 0 Å². The van der Waals surface area contributed by atoms with Crippen molar-refractivity contribution in [3.05, 3.63) is 24.0 Å². The van der Waals surface area contributed by atoms with Crippen molar-refractivity contribution in [1.29, 1.82) is 0 Å². The van der Waals surface area contributed by atoms with Crippen LogP contribution in [-0.2, 0) is 6.54 Å². The highest BCUT2D eigenvalue weighted by molar-refractivity contribution is 5.47. The minimum absolute atomic E-state index is 0.643. The fourth-order valence-electron chi connectivity index (χ4n) is 2.16. The average molecular weight is 233 g/mol. The predicted molar refractivity (Wildman–Crippen MR) is 72.2 cm³/mol. The first-order valence-corrected chi connectivity index (χ1v) is 6.61. The minimum atomic E-state index is 0.643. The summed E-state index contributed by atoms with van der Waals surface area (Å²) in [5.41, 5.74) is 2.41. The quantitative estimate of drug-likeness (QED) is 0.818. The van der Waals surface area contributed by atoms with Crippen molar-refractivity contribution in [3.63, 3.8) is 0 Å². The SMILES string of the molecule is CCNCc1cc(N(C)C(C)C2CC2)ccn1. The molecular formula is C14H23N3. The summed E-state index contributed by atoms with van der Waals surface area (Å²) in [5.74, 6) is 0.894. The molecular weight excluding hydrogens is 210 g/mol. The third-order valence-electron chi connectivity index (χ3n) is 3.68. The lowest BCUT2D eigenvalue weighted by atomic mass is 10.1. The first-order chi connectivity index (χ1) is 8.22. The number of nitrogens with one attached hydrogen (secondary N) is 1. The van der Waals surface area contributed by atoms with Gasteiger partial charge in [0.15, 0.2) is 0 Å². The second kappa shape index (κ2) is 5.50. The Morgan fingerprint density at radius 1 is 1.53 bits per heavy atom. The number of rotatable bonds is 6. The second-order valence-corrected chi connectivity index (χ2v) is 4.97. The van der Waals surface area contributed by atoms with Gasteiger partial charge >= 0.3 is 0 Å². The Bertz CT molecular complexity index is 360. The number of aromatic nitrogens is 1. The van der Waals surface area contributed by atoms with Gasteiger partial charge in [0.1, 0.15) is 0 Å². The molecule has 3 heteroatoms. The summed E-state index contributed by atoms with van der Waals surface area (Å²) >= 11 is 0. The molecule has 1 unspecified atom stereocenters. The van der Waals surface area contributed by atoms with Gasteiger partial charge in [0.05, 0.1) is 5.69 Å². The van der Waals surface area contributed by atoms with E-state index in [9.17, 15) is 0 Å². The Kier molecular flexibility index (Phi) is 4.00. The molecule has 17 heavy (non-hydrogen) atoms. The third-order valence-corrected chi connectivity index (χ3v) is 3.68. The van der Waals surface area contributed by atoms with Crippen LogP contribution in [-0.4, -0.2) is 24.6 Å². The van der Waals surface area contributed by atoms with Gasteiger partial charge in [-0.25, -0.2) is 0 Å². The second-order valence-electron chi connectivity index (χ2n) is 4.97. The lowest BCUT2D eigenvalue weighted by Crippen LogP contribution is -2.30. The number of anilines is 1. The van der Waals surface area contributed by atoms with Crippen molar-refractivity contribution >= 4 is 5.69 Å². The van der Waals surface area contributed by atoms with Gasteiger partial charge in [-0.05, 0) is 44.4 Å².